The molecule has 0 amide bonds. The molecule has 0 aliphatic heterocycles. The predicted octanol–water partition coefficient (Wildman–Crippen LogP) is 4.25. The Bertz CT molecular complexity index is 928. The highest BCUT2D eigenvalue weighted by Crippen LogP contribution is 2.30. The molecule has 3 aromatic rings. The van der Waals surface area contributed by atoms with Gasteiger partial charge in [-0.2, -0.15) is 5.26 Å². The molecule has 0 spiro atoms. The molecular formula is C20H19N3. The third-order valence-corrected chi connectivity index (χ3v) is 4.73. The second-order valence-corrected chi connectivity index (χ2v) is 6.37. The Kier molecular flexibility index (Phi) is 3.38. The van der Waals surface area contributed by atoms with E-state index in [-0.39, 0.29) is 0 Å². The van der Waals surface area contributed by atoms with Crippen LogP contribution < -0.4 is 0 Å². The average Bonchev–Trinajstić information content (AvgIpc) is 2.93. The second kappa shape index (κ2) is 5.55. The molecule has 1 aromatic carbocycles. The minimum Gasteiger partial charge on any atom is -0.302 e. The molecule has 0 atom stereocenters. The smallest absolute Gasteiger partial charge is 0.137 e. The molecule has 1 aliphatic carbocycles. The van der Waals surface area contributed by atoms with Gasteiger partial charge in [-0.25, -0.2) is 4.98 Å². The van der Waals surface area contributed by atoms with Gasteiger partial charge in [-0.1, -0.05) is 18.2 Å². The summed E-state index contributed by atoms with van der Waals surface area (Å²) < 4.78 is 2.06. The zero-order valence-corrected chi connectivity index (χ0v) is 13.3. The summed E-state index contributed by atoms with van der Waals surface area (Å²) in [6.07, 6.45) is 7.34. The molecule has 0 unspecified atom stereocenters. The van der Waals surface area contributed by atoms with Gasteiger partial charge >= 0.3 is 0 Å². The van der Waals surface area contributed by atoms with Crippen LogP contribution in [0.1, 0.15) is 35.2 Å². The van der Waals surface area contributed by atoms with E-state index in [1.165, 1.54) is 36.0 Å². The van der Waals surface area contributed by atoms with Crippen LogP contribution in [0.15, 0.2) is 36.5 Å². The SMILES string of the molecule is Cc1ccc2nc(-c3ccc4c(c3)CCCC4)c(CC#N)n2c1. The van der Waals surface area contributed by atoms with Crippen LogP contribution in [0.25, 0.3) is 16.9 Å². The normalized spacial score (nSPS) is 13.7. The van der Waals surface area contributed by atoms with Crippen molar-refractivity contribution < 1.29 is 0 Å². The van der Waals surface area contributed by atoms with E-state index < -0.39 is 0 Å². The second-order valence-electron chi connectivity index (χ2n) is 6.37. The van der Waals surface area contributed by atoms with Gasteiger partial charge in [0.15, 0.2) is 0 Å². The highest BCUT2D eigenvalue weighted by molar-refractivity contribution is 5.68. The predicted molar refractivity (Wildman–Crippen MR) is 91.3 cm³/mol. The van der Waals surface area contributed by atoms with E-state index in [2.05, 4.69) is 47.9 Å². The fraction of sp³-hybridized carbons (Fsp3) is 0.300. The van der Waals surface area contributed by atoms with E-state index in [1.54, 1.807) is 0 Å². The van der Waals surface area contributed by atoms with Crippen molar-refractivity contribution in [1.29, 1.82) is 5.26 Å². The monoisotopic (exact) mass is 301 g/mol. The summed E-state index contributed by atoms with van der Waals surface area (Å²) >= 11 is 0. The van der Waals surface area contributed by atoms with Crippen molar-refractivity contribution >= 4 is 5.65 Å². The molecule has 0 fully saturated rings. The lowest BCUT2D eigenvalue weighted by atomic mass is 9.89. The Balaban J connectivity index is 1.91. The number of fused-ring (bicyclic) bond motifs is 2. The first-order chi connectivity index (χ1) is 11.3. The van der Waals surface area contributed by atoms with E-state index in [0.29, 0.717) is 6.42 Å². The number of nitrogens with zero attached hydrogens (tertiary/aromatic N) is 3. The molecule has 2 aromatic heterocycles. The van der Waals surface area contributed by atoms with Crippen molar-refractivity contribution in [2.24, 2.45) is 0 Å². The maximum Gasteiger partial charge on any atom is 0.137 e. The van der Waals surface area contributed by atoms with Crippen LogP contribution in [0.3, 0.4) is 0 Å². The number of imidazole rings is 1. The largest absolute Gasteiger partial charge is 0.302 e. The van der Waals surface area contributed by atoms with Crippen LogP contribution in [-0.2, 0) is 19.3 Å². The molecule has 1 aliphatic rings. The first kappa shape index (κ1) is 14.0. The van der Waals surface area contributed by atoms with Gasteiger partial charge in [0, 0.05) is 11.8 Å². The van der Waals surface area contributed by atoms with Crippen molar-refractivity contribution in [2.45, 2.75) is 39.0 Å². The van der Waals surface area contributed by atoms with Gasteiger partial charge in [-0.15, -0.1) is 0 Å². The third-order valence-electron chi connectivity index (χ3n) is 4.73. The van der Waals surface area contributed by atoms with Crippen molar-refractivity contribution in [3.8, 4) is 17.3 Å². The number of aromatic nitrogens is 2. The summed E-state index contributed by atoms with van der Waals surface area (Å²) in [6.45, 7) is 2.06. The number of hydrogen-bond acceptors (Lipinski definition) is 2. The Morgan fingerprint density at radius 2 is 1.96 bits per heavy atom. The van der Waals surface area contributed by atoms with E-state index in [9.17, 15) is 5.26 Å². The first-order valence-electron chi connectivity index (χ1n) is 8.23. The topological polar surface area (TPSA) is 41.1 Å². The lowest BCUT2D eigenvalue weighted by molar-refractivity contribution is 0.686. The minimum absolute atomic E-state index is 0.372. The zero-order valence-electron chi connectivity index (χ0n) is 13.3. The molecule has 3 nitrogen and oxygen atoms in total. The fourth-order valence-electron chi connectivity index (χ4n) is 3.56. The molecule has 114 valence electrons. The van der Waals surface area contributed by atoms with Crippen LogP contribution in [0.5, 0.6) is 0 Å². The highest BCUT2D eigenvalue weighted by atomic mass is 15.0. The summed E-state index contributed by atoms with van der Waals surface area (Å²) in [7, 11) is 0. The lowest BCUT2D eigenvalue weighted by Gasteiger charge is -2.16. The number of rotatable bonds is 2. The molecular weight excluding hydrogens is 282 g/mol. The van der Waals surface area contributed by atoms with Crippen molar-refractivity contribution in [3.05, 3.63) is 58.9 Å². The fourth-order valence-corrected chi connectivity index (χ4v) is 3.56. The Hall–Kier alpha value is -2.60. The summed E-state index contributed by atoms with van der Waals surface area (Å²) in [5, 5.41) is 9.24. The van der Waals surface area contributed by atoms with Crippen molar-refractivity contribution in [1.82, 2.24) is 9.38 Å². The summed E-state index contributed by atoms with van der Waals surface area (Å²) in [5.41, 5.74) is 8.08. The molecule has 0 radical (unpaired) electrons. The number of nitriles is 1. The van der Waals surface area contributed by atoms with E-state index in [1.807, 2.05) is 6.07 Å². The van der Waals surface area contributed by atoms with Gasteiger partial charge < -0.3 is 4.40 Å². The molecule has 4 rings (SSSR count). The maximum absolute atomic E-state index is 9.24. The third kappa shape index (κ3) is 2.41. The first-order valence-corrected chi connectivity index (χ1v) is 8.23. The number of benzene rings is 1. The van der Waals surface area contributed by atoms with E-state index in [4.69, 9.17) is 4.98 Å². The highest BCUT2D eigenvalue weighted by Gasteiger charge is 2.16. The zero-order chi connectivity index (χ0) is 15.8. The van der Waals surface area contributed by atoms with Gasteiger partial charge in [0.1, 0.15) is 5.65 Å². The van der Waals surface area contributed by atoms with Gasteiger partial charge in [0.05, 0.1) is 23.9 Å². The Morgan fingerprint density at radius 3 is 2.78 bits per heavy atom. The molecule has 0 saturated heterocycles. The van der Waals surface area contributed by atoms with E-state index >= 15 is 0 Å². The number of pyridine rings is 1. The molecule has 2 heterocycles. The standard InChI is InChI=1S/C20H19N3/c1-14-6-9-19-22-20(18(10-11-21)23(19)13-14)17-8-7-15-4-2-3-5-16(15)12-17/h6-9,12-13H,2-5,10H2,1H3. The van der Waals surface area contributed by atoms with Crippen molar-refractivity contribution in [2.75, 3.05) is 0 Å². The van der Waals surface area contributed by atoms with E-state index in [0.717, 1.165) is 29.0 Å². The van der Waals surface area contributed by atoms with Crippen LogP contribution in [0, 0.1) is 18.3 Å². The molecule has 0 saturated carbocycles. The molecule has 23 heavy (non-hydrogen) atoms. The van der Waals surface area contributed by atoms with Gasteiger partial charge in [-0.05, 0) is 61.4 Å². The van der Waals surface area contributed by atoms with Crippen molar-refractivity contribution in [3.63, 3.8) is 0 Å². The quantitative estimate of drug-likeness (QED) is 0.710. The Morgan fingerprint density at radius 1 is 1.13 bits per heavy atom. The lowest BCUT2D eigenvalue weighted by Crippen LogP contribution is -2.02. The Labute approximate surface area is 136 Å². The summed E-state index contributed by atoms with van der Waals surface area (Å²) in [6, 6.07) is 13.1. The van der Waals surface area contributed by atoms with Gasteiger partial charge in [0.2, 0.25) is 0 Å². The molecule has 3 heteroatoms. The molecule has 0 bridgehead atoms. The summed E-state index contributed by atoms with van der Waals surface area (Å²) in [4.78, 5) is 4.80. The van der Waals surface area contributed by atoms with Crippen LogP contribution in [-0.4, -0.2) is 9.38 Å². The minimum atomic E-state index is 0.372. The number of hydrogen-bond donors (Lipinski definition) is 0. The van der Waals surface area contributed by atoms with Crippen LogP contribution >= 0.6 is 0 Å². The average molecular weight is 301 g/mol. The number of aryl methyl sites for hydroxylation is 3. The summed E-state index contributed by atoms with van der Waals surface area (Å²) in [5.74, 6) is 0. The van der Waals surface area contributed by atoms with Crippen LogP contribution in [0.2, 0.25) is 0 Å². The molecule has 0 N–H and O–H groups in total. The van der Waals surface area contributed by atoms with Gasteiger partial charge in [-0.3, -0.25) is 0 Å². The van der Waals surface area contributed by atoms with Gasteiger partial charge in [0.25, 0.3) is 0 Å². The maximum atomic E-state index is 9.24. The van der Waals surface area contributed by atoms with Crippen LogP contribution in [0.4, 0.5) is 0 Å².